The van der Waals surface area contributed by atoms with Crippen molar-refractivity contribution in [2.75, 3.05) is 18.4 Å². The van der Waals surface area contributed by atoms with E-state index in [1.807, 2.05) is 0 Å². The number of nitrogens with one attached hydrogen (secondary N) is 2. The molecule has 1 heterocycles. The van der Waals surface area contributed by atoms with Crippen molar-refractivity contribution in [3.8, 4) is 0 Å². The molecule has 1 aliphatic rings. The summed E-state index contributed by atoms with van der Waals surface area (Å²) < 4.78 is 50.8. The first kappa shape index (κ1) is 14.8. The lowest BCUT2D eigenvalue weighted by atomic mass is 9.88. The normalized spacial score (nSPS) is 17.4. The Kier molecular flexibility index (Phi) is 3.99. The molecule has 0 saturated carbocycles. The van der Waals surface area contributed by atoms with Crippen LogP contribution in [-0.2, 0) is 11.0 Å². The van der Waals surface area contributed by atoms with Gasteiger partial charge in [0, 0.05) is 11.6 Å². The maximum Gasteiger partial charge on any atom is 0.419 e. The highest BCUT2D eigenvalue weighted by molar-refractivity contribution is 5.92. The SMILES string of the molecule is CC(C(=O)Nc1ccc(F)c(C(F)(F)F)c1)C1CNC1. The lowest BCUT2D eigenvalue weighted by Crippen LogP contribution is -2.48. The van der Waals surface area contributed by atoms with Gasteiger partial charge >= 0.3 is 6.18 Å². The number of alkyl halides is 3. The van der Waals surface area contributed by atoms with Gasteiger partial charge in [0.15, 0.2) is 0 Å². The Labute approximate surface area is 113 Å². The fourth-order valence-corrected chi connectivity index (χ4v) is 1.95. The second-order valence-electron chi connectivity index (χ2n) is 4.89. The first-order valence-corrected chi connectivity index (χ1v) is 6.17. The zero-order chi connectivity index (χ0) is 14.9. The average Bonchev–Trinajstić information content (AvgIpc) is 2.27. The number of hydrogen-bond acceptors (Lipinski definition) is 2. The summed E-state index contributed by atoms with van der Waals surface area (Å²) >= 11 is 0. The molecule has 1 saturated heterocycles. The van der Waals surface area contributed by atoms with Crippen molar-refractivity contribution in [1.29, 1.82) is 0 Å². The summed E-state index contributed by atoms with van der Waals surface area (Å²) in [7, 11) is 0. The maximum absolute atomic E-state index is 13.1. The Morgan fingerprint density at radius 1 is 1.40 bits per heavy atom. The monoisotopic (exact) mass is 290 g/mol. The van der Waals surface area contributed by atoms with E-state index >= 15 is 0 Å². The molecule has 20 heavy (non-hydrogen) atoms. The Morgan fingerprint density at radius 3 is 2.55 bits per heavy atom. The van der Waals surface area contributed by atoms with E-state index in [0.29, 0.717) is 25.2 Å². The number of amides is 1. The van der Waals surface area contributed by atoms with E-state index in [9.17, 15) is 22.4 Å². The zero-order valence-corrected chi connectivity index (χ0v) is 10.7. The molecule has 0 radical (unpaired) electrons. The van der Waals surface area contributed by atoms with Gasteiger partial charge in [-0.1, -0.05) is 6.92 Å². The number of hydrogen-bond donors (Lipinski definition) is 2. The van der Waals surface area contributed by atoms with E-state index in [0.717, 1.165) is 6.07 Å². The van der Waals surface area contributed by atoms with Gasteiger partial charge in [-0.25, -0.2) is 4.39 Å². The fraction of sp³-hybridized carbons (Fsp3) is 0.462. The van der Waals surface area contributed by atoms with Gasteiger partial charge in [-0.05, 0) is 37.2 Å². The van der Waals surface area contributed by atoms with Crippen LogP contribution in [0.15, 0.2) is 18.2 Å². The van der Waals surface area contributed by atoms with E-state index in [4.69, 9.17) is 0 Å². The maximum atomic E-state index is 13.1. The van der Waals surface area contributed by atoms with Crippen LogP contribution in [0, 0.1) is 17.7 Å². The predicted octanol–water partition coefficient (Wildman–Crippen LogP) is 2.64. The molecule has 1 aromatic rings. The van der Waals surface area contributed by atoms with Crippen LogP contribution in [0.5, 0.6) is 0 Å². The molecular weight excluding hydrogens is 276 g/mol. The number of carbonyl (C=O) groups excluding carboxylic acids is 1. The molecule has 1 aliphatic heterocycles. The largest absolute Gasteiger partial charge is 0.419 e. The van der Waals surface area contributed by atoms with E-state index < -0.39 is 17.6 Å². The third-order valence-corrected chi connectivity index (χ3v) is 3.47. The highest BCUT2D eigenvalue weighted by Crippen LogP contribution is 2.33. The second kappa shape index (κ2) is 5.40. The highest BCUT2D eigenvalue weighted by Gasteiger charge is 2.34. The summed E-state index contributed by atoms with van der Waals surface area (Å²) in [6.45, 7) is 3.15. The van der Waals surface area contributed by atoms with Crippen molar-refractivity contribution < 1.29 is 22.4 Å². The van der Waals surface area contributed by atoms with Gasteiger partial charge in [0.2, 0.25) is 5.91 Å². The van der Waals surface area contributed by atoms with Crippen molar-refractivity contribution >= 4 is 11.6 Å². The molecule has 110 valence electrons. The molecule has 1 aromatic carbocycles. The van der Waals surface area contributed by atoms with Crippen molar-refractivity contribution in [2.45, 2.75) is 13.1 Å². The van der Waals surface area contributed by atoms with Gasteiger partial charge in [0.25, 0.3) is 0 Å². The van der Waals surface area contributed by atoms with Crippen LogP contribution in [-0.4, -0.2) is 19.0 Å². The molecule has 7 heteroatoms. The van der Waals surface area contributed by atoms with Gasteiger partial charge in [0.1, 0.15) is 5.82 Å². The molecule has 2 rings (SSSR count). The number of halogens is 4. The first-order chi connectivity index (χ1) is 9.29. The molecule has 1 unspecified atom stereocenters. The summed E-state index contributed by atoms with van der Waals surface area (Å²) in [5, 5.41) is 5.42. The Morgan fingerprint density at radius 2 is 2.05 bits per heavy atom. The summed E-state index contributed by atoms with van der Waals surface area (Å²) in [6, 6.07) is 2.43. The van der Waals surface area contributed by atoms with Crippen molar-refractivity contribution in [3.63, 3.8) is 0 Å². The Balaban J connectivity index is 2.11. The van der Waals surface area contributed by atoms with Crippen LogP contribution in [0.3, 0.4) is 0 Å². The average molecular weight is 290 g/mol. The van der Waals surface area contributed by atoms with E-state index in [2.05, 4.69) is 10.6 Å². The lowest BCUT2D eigenvalue weighted by molar-refractivity contribution is -0.140. The topological polar surface area (TPSA) is 41.1 Å². The molecule has 3 nitrogen and oxygen atoms in total. The minimum absolute atomic E-state index is 0.0529. The van der Waals surface area contributed by atoms with E-state index in [-0.39, 0.29) is 23.4 Å². The standard InChI is InChI=1S/C13H14F4N2O/c1-7(8-5-18-6-8)12(20)19-9-2-3-11(14)10(4-9)13(15,16)17/h2-4,7-8,18H,5-6H2,1H3,(H,19,20). The zero-order valence-electron chi connectivity index (χ0n) is 10.7. The van der Waals surface area contributed by atoms with Crippen LogP contribution in [0.25, 0.3) is 0 Å². The Hall–Kier alpha value is -1.63. The second-order valence-corrected chi connectivity index (χ2v) is 4.89. The molecule has 0 bridgehead atoms. The van der Waals surface area contributed by atoms with Gasteiger partial charge < -0.3 is 10.6 Å². The van der Waals surface area contributed by atoms with Crippen LogP contribution in [0.2, 0.25) is 0 Å². The van der Waals surface area contributed by atoms with E-state index in [1.165, 1.54) is 0 Å². The van der Waals surface area contributed by atoms with Gasteiger partial charge in [-0.3, -0.25) is 4.79 Å². The third-order valence-electron chi connectivity index (χ3n) is 3.47. The molecule has 1 amide bonds. The van der Waals surface area contributed by atoms with Gasteiger partial charge in [0.05, 0.1) is 5.56 Å². The van der Waals surface area contributed by atoms with E-state index in [1.54, 1.807) is 6.92 Å². The van der Waals surface area contributed by atoms with Crippen LogP contribution >= 0.6 is 0 Å². The quantitative estimate of drug-likeness (QED) is 0.840. The van der Waals surface area contributed by atoms with Gasteiger partial charge in [-0.2, -0.15) is 13.2 Å². The van der Waals surface area contributed by atoms with Crippen LogP contribution < -0.4 is 10.6 Å². The molecular formula is C13H14F4N2O. The first-order valence-electron chi connectivity index (χ1n) is 6.17. The van der Waals surface area contributed by atoms with Crippen LogP contribution in [0.4, 0.5) is 23.2 Å². The third kappa shape index (κ3) is 3.09. The number of benzene rings is 1. The van der Waals surface area contributed by atoms with Crippen molar-refractivity contribution in [1.82, 2.24) is 5.32 Å². The number of rotatable bonds is 3. The summed E-state index contributed by atoms with van der Waals surface area (Å²) in [5.41, 5.74) is -1.43. The predicted molar refractivity (Wildman–Crippen MR) is 65.6 cm³/mol. The molecule has 1 atom stereocenters. The summed E-state index contributed by atoms with van der Waals surface area (Å²) in [4.78, 5) is 11.9. The van der Waals surface area contributed by atoms with Gasteiger partial charge in [-0.15, -0.1) is 0 Å². The smallest absolute Gasteiger partial charge is 0.326 e. The van der Waals surface area contributed by atoms with Crippen molar-refractivity contribution in [2.24, 2.45) is 11.8 Å². The number of anilines is 1. The minimum Gasteiger partial charge on any atom is -0.326 e. The molecule has 0 aliphatic carbocycles. The Bertz CT molecular complexity index is 512. The van der Waals surface area contributed by atoms with Crippen LogP contribution in [0.1, 0.15) is 12.5 Å². The number of carbonyl (C=O) groups is 1. The van der Waals surface area contributed by atoms with Crippen molar-refractivity contribution in [3.05, 3.63) is 29.6 Å². The lowest BCUT2D eigenvalue weighted by Gasteiger charge is -2.31. The minimum atomic E-state index is -4.78. The molecule has 0 spiro atoms. The fourth-order valence-electron chi connectivity index (χ4n) is 1.95. The molecule has 2 N–H and O–H groups in total. The molecule has 1 fully saturated rings. The summed E-state index contributed by atoms with van der Waals surface area (Å²) in [5.74, 6) is -1.85. The highest BCUT2D eigenvalue weighted by atomic mass is 19.4. The molecule has 0 aromatic heterocycles. The summed E-state index contributed by atoms with van der Waals surface area (Å²) in [6.07, 6.45) is -4.78.